The summed E-state index contributed by atoms with van der Waals surface area (Å²) in [5.41, 5.74) is 14.5. The van der Waals surface area contributed by atoms with Gasteiger partial charge in [-0.1, -0.05) is 158 Å². The van der Waals surface area contributed by atoms with Gasteiger partial charge in [-0.05, 0) is 110 Å². The van der Waals surface area contributed by atoms with Gasteiger partial charge < -0.3 is 9.32 Å². The second kappa shape index (κ2) is 13.4. The lowest BCUT2D eigenvalue weighted by Gasteiger charge is -2.27. The van der Waals surface area contributed by atoms with Gasteiger partial charge >= 0.3 is 0 Å². The van der Waals surface area contributed by atoms with Crippen molar-refractivity contribution in [3.63, 3.8) is 0 Å². The maximum atomic E-state index is 6.37. The number of rotatable bonds is 7. The van der Waals surface area contributed by atoms with Crippen LogP contribution in [0.15, 0.2) is 217 Å². The highest BCUT2D eigenvalue weighted by molar-refractivity contribution is 6.13. The summed E-state index contributed by atoms with van der Waals surface area (Å²) in [6.45, 7) is 0. The minimum atomic E-state index is 0.870. The fraction of sp³-hybridized carbons (Fsp3) is 0. The van der Waals surface area contributed by atoms with E-state index in [1.165, 1.54) is 55.3 Å². The molecule has 0 saturated heterocycles. The van der Waals surface area contributed by atoms with E-state index in [1.54, 1.807) is 0 Å². The number of fused-ring (bicyclic) bond motifs is 4. The van der Waals surface area contributed by atoms with Crippen LogP contribution in [0.2, 0.25) is 0 Å². The molecule has 0 spiro atoms. The zero-order valence-corrected chi connectivity index (χ0v) is 29.6. The van der Waals surface area contributed by atoms with Crippen molar-refractivity contribution in [2.24, 2.45) is 0 Å². The molecule has 0 N–H and O–H groups in total. The third-order valence-electron chi connectivity index (χ3n) is 10.5. The Bertz CT molecular complexity index is 2920. The van der Waals surface area contributed by atoms with Crippen LogP contribution in [-0.4, -0.2) is 0 Å². The second-order valence-electron chi connectivity index (χ2n) is 13.7. The SMILES string of the molecule is c1ccc(-c2ccccc2-c2ccc(N(c3ccc(-c4cccc(-c5ccc6ccccc6c5)c4)cc3)c3cccc4oc5ccccc5c34)cc2)cc1. The molecule has 1 heterocycles. The molecule has 10 rings (SSSR count). The van der Waals surface area contributed by atoms with E-state index >= 15 is 0 Å². The summed E-state index contributed by atoms with van der Waals surface area (Å²) < 4.78 is 6.37. The summed E-state index contributed by atoms with van der Waals surface area (Å²) in [4.78, 5) is 2.35. The standard InChI is InChI=1S/C52H35NO/c1-2-13-38(14-3-1)46-18-6-7-19-47(46)39-28-32-45(33-29-39)53(49-21-11-23-51-52(49)48-20-8-9-22-50(48)54-51)44-30-26-37(27-31-44)41-16-10-17-42(34-41)43-25-24-36-12-4-5-15-40(36)35-43/h1-35H. The summed E-state index contributed by atoms with van der Waals surface area (Å²) in [7, 11) is 0. The lowest BCUT2D eigenvalue weighted by atomic mass is 9.94. The number of nitrogens with zero attached hydrogens (tertiary/aromatic N) is 1. The Kier molecular flexibility index (Phi) is 7.85. The molecule has 0 bridgehead atoms. The first-order chi connectivity index (χ1) is 26.8. The molecule has 0 unspecified atom stereocenters. The molecule has 0 aliphatic carbocycles. The van der Waals surface area contributed by atoms with E-state index in [9.17, 15) is 0 Å². The second-order valence-corrected chi connectivity index (χ2v) is 13.7. The number of para-hydroxylation sites is 1. The van der Waals surface area contributed by atoms with Crippen LogP contribution in [0.25, 0.3) is 77.2 Å². The first kappa shape index (κ1) is 31.6. The summed E-state index contributed by atoms with van der Waals surface area (Å²) in [5, 5.41) is 4.70. The van der Waals surface area contributed by atoms with Crippen LogP contribution in [0.4, 0.5) is 17.1 Å². The van der Waals surface area contributed by atoms with E-state index < -0.39 is 0 Å². The molecule has 1 aromatic heterocycles. The first-order valence-corrected chi connectivity index (χ1v) is 18.4. The summed E-state index contributed by atoms with van der Waals surface area (Å²) in [6.07, 6.45) is 0. The van der Waals surface area contributed by atoms with Gasteiger partial charge in [0.1, 0.15) is 11.2 Å². The Hall–Kier alpha value is -7.16. The average molecular weight is 690 g/mol. The smallest absolute Gasteiger partial charge is 0.137 e. The zero-order valence-electron chi connectivity index (χ0n) is 29.6. The van der Waals surface area contributed by atoms with Crippen LogP contribution in [-0.2, 0) is 0 Å². The summed E-state index contributed by atoms with van der Waals surface area (Å²) in [5.74, 6) is 0. The van der Waals surface area contributed by atoms with Crippen molar-refractivity contribution in [3.05, 3.63) is 212 Å². The molecular weight excluding hydrogens is 655 g/mol. The molecule has 54 heavy (non-hydrogen) atoms. The maximum Gasteiger partial charge on any atom is 0.137 e. The highest BCUT2D eigenvalue weighted by atomic mass is 16.3. The Morgan fingerprint density at radius 1 is 0.315 bits per heavy atom. The van der Waals surface area contributed by atoms with Gasteiger partial charge in [-0.25, -0.2) is 0 Å². The minimum absolute atomic E-state index is 0.870. The van der Waals surface area contributed by atoms with Crippen LogP contribution in [0.3, 0.4) is 0 Å². The molecule has 9 aromatic carbocycles. The Labute approximate surface area is 314 Å². The quantitative estimate of drug-likeness (QED) is 0.166. The minimum Gasteiger partial charge on any atom is -0.456 e. The molecule has 2 heteroatoms. The Balaban J connectivity index is 1.06. The van der Waals surface area contributed by atoms with Gasteiger partial charge in [-0.3, -0.25) is 0 Å². The molecule has 0 aliphatic rings. The van der Waals surface area contributed by atoms with Crippen LogP contribution in [0, 0.1) is 0 Å². The highest BCUT2D eigenvalue weighted by Crippen LogP contribution is 2.44. The van der Waals surface area contributed by atoms with Gasteiger partial charge in [-0.15, -0.1) is 0 Å². The predicted molar refractivity (Wildman–Crippen MR) is 228 cm³/mol. The fourth-order valence-electron chi connectivity index (χ4n) is 7.81. The molecule has 254 valence electrons. The maximum absolute atomic E-state index is 6.37. The van der Waals surface area contributed by atoms with Gasteiger partial charge in [0.2, 0.25) is 0 Å². The molecule has 0 aliphatic heterocycles. The van der Waals surface area contributed by atoms with Gasteiger partial charge in [0.25, 0.3) is 0 Å². The van der Waals surface area contributed by atoms with Crippen LogP contribution < -0.4 is 4.90 Å². The molecule has 2 nitrogen and oxygen atoms in total. The normalized spacial score (nSPS) is 11.3. The summed E-state index contributed by atoms with van der Waals surface area (Å²) >= 11 is 0. The number of furan rings is 1. The van der Waals surface area contributed by atoms with Crippen molar-refractivity contribution in [1.82, 2.24) is 0 Å². The molecule has 0 amide bonds. The van der Waals surface area contributed by atoms with Gasteiger partial charge in [0, 0.05) is 16.8 Å². The van der Waals surface area contributed by atoms with Gasteiger partial charge in [-0.2, -0.15) is 0 Å². The molecule has 0 saturated carbocycles. The van der Waals surface area contributed by atoms with Crippen LogP contribution in [0.5, 0.6) is 0 Å². The molecule has 0 atom stereocenters. The van der Waals surface area contributed by atoms with Crippen molar-refractivity contribution in [2.45, 2.75) is 0 Å². The molecular formula is C52H35NO. The number of hydrogen-bond acceptors (Lipinski definition) is 2. The van der Waals surface area contributed by atoms with E-state index in [-0.39, 0.29) is 0 Å². The fourth-order valence-corrected chi connectivity index (χ4v) is 7.81. The monoisotopic (exact) mass is 689 g/mol. The average Bonchev–Trinajstić information content (AvgIpc) is 3.64. The van der Waals surface area contributed by atoms with Crippen molar-refractivity contribution in [3.8, 4) is 44.5 Å². The van der Waals surface area contributed by atoms with E-state index in [0.29, 0.717) is 0 Å². The number of hydrogen-bond donors (Lipinski definition) is 0. The third-order valence-corrected chi connectivity index (χ3v) is 10.5. The van der Waals surface area contributed by atoms with E-state index in [1.807, 2.05) is 12.1 Å². The molecule has 10 aromatic rings. The predicted octanol–water partition coefficient (Wildman–Crippen LogP) is 14.9. The van der Waals surface area contributed by atoms with Crippen molar-refractivity contribution >= 4 is 49.8 Å². The Morgan fingerprint density at radius 3 is 1.59 bits per heavy atom. The largest absolute Gasteiger partial charge is 0.456 e. The lowest BCUT2D eigenvalue weighted by molar-refractivity contribution is 0.669. The number of anilines is 3. The molecule has 0 fully saturated rings. The van der Waals surface area contributed by atoms with Crippen molar-refractivity contribution in [2.75, 3.05) is 4.90 Å². The van der Waals surface area contributed by atoms with Crippen LogP contribution >= 0.6 is 0 Å². The van der Waals surface area contributed by atoms with Crippen molar-refractivity contribution < 1.29 is 4.42 Å². The highest BCUT2D eigenvalue weighted by Gasteiger charge is 2.20. The van der Waals surface area contributed by atoms with Crippen molar-refractivity contribution in [1.29, 1.82) is 0 Å². The first-order valence-electron chi connectivity index (χ1n) is 18.4. The van der Waals surface area contributed by atoms with Gasteiger partial charge in [0.15, 0.2) is 0 Å². The topological polar surface area (TPSA) is 16.4 Å². The van der Waals surface area contributed by atoms with E-state index in [4.69, 9.17) is 4.42 Å². The van der Waals surface area contributed by atoms with E-state index in [2.05, 4.69) is 205 Å². The van der Waals surface area contributed by atoms with Crippen LogP contribution in [0.1, 0.15) is 0 Å². The Morgan fingerprint density at radius 2 is 0.833 bits per heavy atom. The lowest BCUT2D eigenvalue weighted by Crippen LogP contribution is -2.10. The zero-order chi connectivity index (χ0) is 35.8. The van der Waals surface area contributed by atoms with Gasteiger partial charge in [0.05, 0.1) is 11.1 Å². The molecule has 0 radical (unpaired) electrons. The third kappa shape index (κ3) is 5.71. The van der Waals surface area contributed by atoms with E-state index in [0.717, 1.165) is 39.0 Å². The summed E-state index contributed by atoms with van der Waals surface area (Å²) in [6, 6.07) is 75.9. The number of benzene rings is 9.